The normalized spacial score (nSPS) is 32.4. The van der Waals surface area contributed by atoms with Gasteiger partial charge in [0.15, 0.2) is 0 Å². The fourth-order valence-corrected chi connectivity index (χ4v) is 12.0. The molecule has 4 aliphatic rings. The van der Waals surface area contributed by atoms with Crippen molar-refractivity contribution in [1.82, 2.24) is 0 Å². The Kier molecular flexibility index (Phi) is 16.8. The summed E-state index contributed by atoms with van der Waals surface area (Å²) in [6.45, 7) is 17.5. The summed E-state index contributed by atoms with van der Waals surface area (Å²) in [5.41, 5.74) is 2.51. The summed E-state index contributed by atoms with van der Waals surface area (Å²) in [6, 6.07) is 0. The lowest BCUT2D eigenvalue weighted by molar-refractivity contribution is -0.151. The monoisotopic (exact) mass is 679 g/mol. The van der Waals surface area contributed by atoms with E-state index in [1.807, 2.05) is 0 Å². The lowest BCUT2D eigenvalue weighted by atomic mass is 9.47. The second kappa shape index (κ2) is 20.3. The van der Waals surface area contributed by atoms with Gasteiger partial charge < -0.3 is 4.74 Å². The van der Waals surface area contributed by atoms with Gasteiger partial charge >= 0.3 is 5.97 Å². The summed E-state index contributed by atoms with van der Waals surface area (Å²) in [5, 5.41) is 0. The minimum Gasteiger partial charge on any atom is -0.462 e. The summed E-state index contributed by atoms with van der Waals surface area (Å²) < 4.78 is 6.14. The van der Waals surface area contributed by atoms with Crippen molar-refractivity contribution in [2.45, 2.75) is 215 Å². The molecule has 0 spiro atoms. The first-order chi connectivity index (χ1) is 23.6. The molecule has 3 saturated carbocycles. The Bertz CT molecular complexity index is 1020. The van der Waals surface area contributed by atoms with Crippen LogP contribution in [0.3, 0.4) is 0 Å². The van der Waals surface area contributed by atoms with Crippen LogP contribution in [0.25, 0.3) is 0 Å². The van der Waals surface area contributed by atoms with E-state index in [9.17, 15) is 4.79 Å². The number of hydrogen-bond acceptors (Lipinski definition) is 2. The van der Waals surface area contributed by atoms with Gasteiger partial charge in [0.25, 0.3) is 0 Å². The highest BCUT2D eigenvalue weighted by Gasteiger charge is 2.59. The quantitative estimate of drug-likeness (QED) is 0.0647. The molecule has 0 aromatic rings. The topological polar surface area (TPSA) is 26.3 Å². The largest absolute Gasteiger partial charge is 0.462 e. The van der Waals surface area contributed by atoms with Gasteiger partial charge in [0, 0.05) is 12.8 Å². The van der Waals surface area contributed by atoms with E-state index in [0.717, 1.165) is 67.1 Å². The van der Waals surface area contributed by atoms with E-state index in [1.54, 1.807) is 5.57 Å². The summed E-state index contributed by atoms with van der Waals surface area (Å²) in [7, 11) is 0. The first-order valence-electron chi connectivity index (χ1n) is 22.2. The molecule has 2 heteroatoms. The summed E-state index contributed by atoms with van der Waals surface area (Å²) in [4.78, 5) is 12.8. The van der Waals surface area contributed by atoms with E-state index in [4.69, 9.17) is 4.74 Å². The maximum Gasteiger partial charge on any atom is 0.306 e. The SMILES string of the molecule is CCCCCCCC/C=C/CCCCCCCC(=O)OC1CC[C@@]2(C)C(=CCC3C4CCC([C@H](C)CC[C@H](CC)C(C)C)[C@@]4(C)CCC32)C1. The fourth-order valence-electron chi connectivity index (χ4n) is 12.0. The van der Waals surface area contributed by atoms with Gasteiger partial charge in [-0.15, -0.1) is 0 Å². The summed E-state index contributed by atoms with van der Waals surface area (Å²) >= 11 is 0. The van der Waals surface area contributed by atoms with Crippen molar-refractivity contribution in [2.24, 2.45) is 52.3 Å². The van der Waals surface area contributed by atoms with Gasteiger partial charge in [-0.1, -0.05) is 136 Å². The molecule has 3 fully saturated rings. The third-order valence-corrected chi connectivity index (χ3v) is 15.2. The number of ether oxygens (including phenoxy) is 1. The van der Waals surface area contributed by atoms with Crippen LogP contribution in [-0.4, -0.2) is 12.1 Å². The molecule has 49 heavy (non-hydrogen) atoms. The van der Waals surface area contributed by atoms with Crippen LogP contribution in [0.1, 0.15) is 209 Å². The molecule has 9 atom stereocenters. The number of esters is 1. The number of carbonyl (C=O) groups is 1. The number of unbranched alkanes of at least 4 members (excludes halogenated alkanes) is 11. The van der Waals surface area contributed by atoms with Crippen LogP contribution in [-0.2, 0) is 9.53 Å². The first kappa shape index (κ1) is 40.7. The van der Waals surface area contributed by atoms with Gasteiger partial charge in [-0.05, 0) is 136 Å². The molecular formula is C47H82O2. The van der Waals surface area contributed by atoms with E-state index in [-0.39, 0.29) is 12.1 Å². The Hall–Kier alpha value is -1.05. The highest BCUT2D eigenvalue weighted by Crippen LogP contribution is 2.67. The summed E-state index contributed by atoms with van der Waals surface area (Å²) in [5.74, 6) is 6.15. The van der Waals surface area contributed by atoms with E-state index >= 15 is 0 Å². The highest BCUT2D eigenvalue weighted by molar-refractivity contribution is 5.69. The van der Waals surface area contributed by atoms with E-state index < -0.39 is 0 Å². The average molecular weight is 679 g/mol. The predicted molar refractivity (Wildman–Crippen MR) is 212 cm³/mol. The van der Waals surface area contributed by atoms with Crippen molar-refractivity contribution in [3.63, 3.8) is 0 Å². The molecule has 0 aliphatic heterocycles. The minimum atomic E-state index is 0.0544. The molecule has 0 aromatic heterocycles. The number of allylic oxidation sites excluding steroid dienone is 3. The van der Waals surface area contributed by atoms with Gasteiger partial charge in [-0.2, -0.15) is 0 Å². The number of hydrogen-bond donors (Lipinski definition) is 0. The molecule has 282 valence electrons. The zero-order valence-electron chi connectivity index (χ0n) is 33.8. The highest BCUT2D eigenvalue weighted by atomic mass is 16.5. The lowest BCUT2D eigenvalue weighted by Crippen LogP contribution is -2.51. The smallest absolute Gasteiger partial charge is 0.306 e. The Labute approximate surface area is 305 Å². The van der Waals surface area contributed by atoms with Gasteiger partial charge in [0.2, 0.25) is 0 Å². The first-order valence-corrected chi connectivity index (χ1v) is 22.2. The molecule has 4 aliphatic carbocycles. The molecule has 0 bridgehead atoms. The van der Waals surface area contributed by atoms with Crippen LogP contribution in [0, 0.1) is 52.3 Å². The van der Waals surface area contributed by atoms with Gasteiger partial charge in [-0.3, -0.25) is 4.79 Å². The fraction of sp³-hybridized carbons (Fsp3) is 0.894. The lowest BCUT2D eigenvalue weighted by Gasteiger charge is -2.58. The molecule has 0 N–H and O–H groups in total. The van der Waals surface area contributed by atoms with Gasteiger partial charge in [0.05, 0.1) is 0 Å². The number of carbonyl (C=O) groups excluding carboxylic acids is 1. The van der Waals surface area contributed by atoms with Crippen molar-refractivity contribution in [2.75, 3.05) is 0 Å². The zero-order chi connectivity index (χ0) is 35.3. The van der Waals surface area contributed by atoms with Crippen molar-refractivity contribution >= 4 is 5.97 Å². The number of rotatable bonds is 22. The molecule has 2 nitrogen and oxygen atoms in total. The standard InChI is InChI=1S/C47H82O2/c1-8-10-11-12-13-14-15-16-17-18-19-20-21-22-23-24-45(48)49-40-31-33-46(6)39(35-40)27-28-41-43-30-29-42(47(43,7)34-32-44(41)46)37(5)25-26-38(9-2)36(3)4/h16-17,27,36-38,40-44H,8-15,18-26,28-35H2,1-7H3/b17-16+/t37-,38+,40?,41?,42?,43?,44?,46+,47-/m1/s1. The predicted octanol–water partition coefficient (Wildman–Crippen LogP) is 14.6. The molecule has 4 rings (SSSR count). The van der Waals surface area contributed by atoms with Crippen LogP contribution >= 0.6 is 0 Å². The Morgan fingerprint density at radius 1 is 0.816 bits per heavy atom. The van der Waals surface area contributed by atoms with Crippen molar-refractivity contribution < 1.29 is 9.53 Å². The second-order valence-corrected chi connectivity index (χ2v) is 18.6. The Morgan fingerprint density at radius 2 is 1.49 bits per heavy atom. The number of fused-ring (bicyclic) bond motifs is 5. The second-order valence-electron chi connectivity index (χ2n) is 18.6. The molecule has 5 unspecified atom stereocenters. The minimum absolute atomic E-state index is 0.0544. The Balaban J connectivity index is 1.13. The zero-order valence-corrected chi connectivity index (χ0v) is 33.8. The van der Waals surface area contributed by atoms with E-state index in [0.29, 0.717) is 17.3 Å². The van der Waals surface area contributed by atoms with Crippen LogP contribution in [0.4, 0.5) is 0 Å². The van der Waals surface area contributed by atoms with Crippen LogP contribution in [0.2, 0.25) is 0 Å². The van der Waals surface area contributed by atoms with Crippen molar-refractivity contribution in [3.05, 3.63) is 23.8 Å². The van der Waals surface area contributed by atoms with Crippen LogP contribution < -0.4 is 0 Å². The van der Waals surface area contributed by atoms with E-state index in [2.05, 4.69) is 66.7 Å². The summed E-state index contributed by atoms with van der Waals surface area (Å²) in [6.07, 6.45) is 39.4. The molecule has 0 heterocycles. The molecule has 0 amide bonds. The Morgan fingerprint density at radius 3 is 2.16 bits per heavy atom. The average Bonchev–Trinajstić information content (AvgIpc) is 3.44. The van der Waals surface area contributed by atoms with Crippen LogP contribution in [0.5, 0.6) is 0 Å². The molecule has 0 radical (unpaired) electrons. The molecule has 0 saturated heterocycles. The van der Waals surface area contributed by atoms with Gasteiger partial charge in [-0.25, -0.2) is 0 Å². The third-order valence-electron chi connectivity index (χ3n) is 15.2. The maximum absolute atomic E-state index is 12.8. The van der Waals surface area contributed by atoms with Crippen molar-refractivity contribution in [3.8, 4) is 0 Å². The maximum atomic E-state index is 12.8. The van der Waals surface area contributed by atoms with Gasteiger partial charge in [0.1, 0.15) is 6.10 Å². The molecule has 0 aromatic carbocycles. The van der Waals surface area contributed by atoms with Crippen molar-refractivity contribution in [1.29, 1.82) is 0 Å². The van der Waals surface area contributed by atoms with E-state index in [1.165, 1.54) is 128 Å². The third kappa shape index (κ3) is 11.0. The molecular weight excluding hydrogens is 597 g/mol. The van der Waals surface area contributed by atoms with Crippen LogP contribution in [0.15, 0.2) is 23.8 Å².